The van der Waals surface area contributed by atoms with E-state index in [1.54, 1.807) is 4.90 Å². The van der Waals surface area contributed by atoms with E-state index in [9.17, 15) is 9.59 Å². The zero-order chi connectivity index (χ0) is 20.3. The molecule has 0 amide bonds. The van der Waals surface area contributed by atoms with Gasteiger partial charge in [0.1, 0.15) is 12.4 Å². The summed E-state index contributed by atoms with van der Waals surface area (Å²) in [5, 5.41) is 0. The van der Waals surface area contributed by atoms with Crippen molar-refractivity contribution in [3.8, 4) is 0 Å². The second-order valence-electron chi connectivity index (χ2n) is 7.43. The summed E-state index contributed by atoms with van der Waals surface area (Å²) in [5.74, 6) is -1.27. The lowest BCUT2D eigenvalue weighted by Crippen LogP contribution is -2.39. The predicted octanol–water partition coefficient (Wildman–Crippen LogP) is 2.15. The van der Waals surface area contributed by atoms with Crippen LogP contribution in [-0.4, -0.2) is 52.7 Å². The van der Waals surface area contributed by atoms with E-state index in [0.29, 0.717) is 18.9 Å². The van der Waals surface area contributed by atoms with Crippen molar-refractivity contribution in [2.24, 2.45) is 5.41 Å². The number of carbonyl (C=O) groups excluding carboxylic acids is 2. The maximum atomic E-state index is 12.4. The Kier molecular flexibility index (Phi) is 6.02. The van der Waals surface area contributed by atoms with Crippen molar-refractivity contribution in [3.05, 3.63) is 41.1 Å². The van der Waals surface area contributed by atoms with Crippen LogP contribution in [0.25, 0.3) is 0 Å². The molecular formula is C20H25NO7. The molecule has 0 N–H and O–H groups in total. The molecule has 1 aromatic carbocycles. The first-order chi connectivity index (χ1) is 13.4. The van der Waals surface area contributed by atoms with Gasteiger partial charge in [0.15, 0.2) is 6.29 Å². The van der Waals surface area contributed by atoms with Crippen molar-refractivity contribution < 1.29 is 33.3 Å². The summed E-state index contributed by atoms with van der Waals surface area (Å²) < 4.78 is 26.9. The average molecular weight is 391 g/mol. The highest BCUT2D eigenvalue weighted by atomic mass is 16.7. The summed E-state index contributed by atoms with van der Waals surface area (Å²) in [6.07, 6.45) is -0.496. The maximum absolute atomic E-state index is 12.4. The molecule has 1 fully saturated rings. The molecule has 0 spiro atoms. The molecule has 0 unspecified atom stereocenters. The van der Waals surface area contributed by atoms with Crippen molar-refractivity contribution in [2.75, 3.05) is 45.7 Å². The van der Waals surface area contributed by atoms with Gasteiger partial charge < -0.3 is 28.6 Å². The van der Waals surface area contributed by atoms with Gasteiger partial charge in [-0.2, -0.15) is 0 Å². The SMILES string of the molecule is COC(=O)C1=C(C(=O)OC)N(c2cccc(C3OCC(C)(C)CO3)c2)COC1. The molecule has 152 valence electrons. The van der Waals surface area contributed by atoms with Gasteiger partial charge in [-0.25, -0.2) is 9.59 Å². The highest BCUT2D eigenvalue weighted by Crippen LogP contribution is 2.34. The molecule has 8 nitrogen and oxygen atoms in total. The second kappa shape index (κ2) is 8.30. The minimum atomic E-state index is -0.638. The number of hydrogen-bond acceptors (Lipinski definition) is 8. The molecule has 0 radical (unpaired) electrons. The van der Waals surface area contributed by atoms with E-state index in [1.807, 2.05) is 24.3 Å². The van der Waals surface area contributed by atoms with Gasteiger partial charge in [-0.3, -0.25) is 0 Å². The number of rotatable bonds is 4. The first-order valence-electron chi connectivity index (χ1n) is 8.94. The zero-order valence-electron chi connectivity index (χ0n) is 16.5. The van der Waals surface area contributed by atoms with Crippen LogP contribution in [0.15, 0.2) is 35.5 Å². The molecule has 0 aromatic heterocycles. The highest BCUT2D eigenvalue weighted by molar-refractivity contribution is 6.03. The Morgan fingerprint density at radius 1 is 1.11 bits per heavy atom. The molecule has 2 heterocycles. The Morgan fingerprint density at radius 3 is 2.43 bits per heavy atom. The van der Waals surface area contributed by atoms with Gasteiger partial charge >= 0.3 is 11.9 Å². The Morgan fingerprint density at radius 2 is 1.79 bits per heavy atom. The monoisotopic (exact) mass is 391 g/mol. The van der Waals surface area contributed by atoms with Gasteiger partial charge in [-0.1, -0.05) is 26.0 Å². The van der Waals surface area contributed by atoms with Crippen LogP contribution in [0.4, 0.5) is 5.69 Å². The van der Waals surface area contributed by atoms with Crippen LogP contribution < -0.4 is 4.90 Å². The molecule has 0 bridgehead atoms. The zero-order valence-corrected chi connectivity index (χ0v) is 16.5. The minimum absolute atomic E-state index is 0.0305. The van der Waals surface area contributed by atoms with Crippen LogP contribution >= 0.6 is 0 Å². The van der Waals surface area contributed by atoms with Crippen LogP contribution in [-0.2, 0) is 33.3 Å². The topological polar surface area (TPSA) is 83.5 Å². The quantitative estimate of drug-likeness (QED) is 0.722. The van der Waals surface area contributed by atoms with Crippen LogP contribution in [0, 0.1) is 5.41 Å². The average Bonchev–Trinajstić information content (AvgIpc) is 2.72. The normalized spacial score (nSPS) is 20.1. The van der Waals surface area contributed by atoms with Crippen molar-refractivity contribution in [2.45, 2.75) is 20.1 Å². The Labute approximate surface area is 163 Å². The van der Waals surface area contributed by atoms with Crippen LogP contribution in [0.5, 0.6) is 0 Å². The second-order valence-corrected chi connectivity index (χ2v) is 7.43. The number of hydrogen-bond donors (Lipinski definition) is 0. The number of anilines is 1. The molecule has 3 rings (SSSR count). The number of nitrogens with zero attached hydrogens (tertiary/aromatic N) is 1. The molecule has 0 aliphatic carbocycles. The lowest BCUT2D eigenvalue weighted by molar-refractivity contribution is -0.226. The van der Waals surface area contributed by atoms with Gasteiger partial charge in [0.25, 0.3) is 0 Å². The standard InChI is InChI=1S/C20H25NO7/c1-20(2)10-27-19(28-11-20)13-6-5-7-14(8-13)21-12-26-9-15(17(22)24-3)16(21)18(23)25-4/h5-8,19H,9-12H2,1-4H3. The van der Waals surface area contributed by atoms with Gasteiger partial charge in [0.05, 0.1) is 39.6 Å². The summed E-state index contributed by atoms with van der Waals surface area (Å²) in [6, 6.07) is 7.37. The van der Waals surface area contributed by atoms with Crippen LogP contribution in [0.2, 0.25) is 0 Å². The van der Waals surface area contributed by atoms with Crippen molar-refractivity contribution >= 4 is 17.6 Å². The van der Waals surface area contributed by atoms with E-state index in [2.05, 4.69) is 13.8 Å². The summed E-state index contributed by atoms with van der Waals surface area (Å²) >= 11 is 0. The van der Waals surface area contributed by atoms with Gasteiger partial charge in [0.2, 0.25) is 0 Å². The summed E-state index contributed by atoms with van der Waals surface area (Å²) in [5.41, 5.74) is 1.63. The van der Waals surface area contributed by atoms with E-state index in [1.165, 1.54) is 14.2 Å². The fourth-order valence-corrected chi connectivity index (χ4v) is 3.07. The highest BCUT2D eigenvalue weighted by Gasteiger charge is 2.33. The fraction of sp³-hybridized carbons (Fsp3) is 0.500. The number of ether oxygens (including phenoxy) is 5. The van der Waals surface area contributed by atoms with Gasteiger partial charge in [0, 0.05) is 16.7 Å². The third-order valence-corrected chi connectivity index (χ3v) is 4.54. The summed E-state index contributed by atoms with van der Waals surface area (Å²) in [6.45, 7) is 5.37. The van der Waals surface area contributed by atoms with Gasteiger partial charge in [-0.05, 0) is 12.1 Å². The first-order valence-corrected chi connectivity index (χ1v) is 8.94. The molecule has 2 aliphatic heterocycles. The van der Waals surface area contributed by atoms with E-state index in [-0.39, 0.29) is 30.0 Å². The largest absolute Gasteiger partial charge is 0.466 e. The molecule has 2 aliphatic rings. The summed E-state index contributed by atoms with van der Waals surface area (Å²) in [7, 11) is 2.52. The Hall–Kier alpha value is -2.42. The van der Waals surface area contributed by atoms with Gasteiger partial charge in [-0.15, -0.1) is 0 Å². The molecule has 1 aromatic rings. The number of benzene rings is 1. The van der Waals surface area contributed by atoms with Crippen molar-refractivity contribution in [3.63, 3.8) is 0 Å². The number of esters is 2. The molecule has 0 atom stereocenters. The van der Waals surface area contributed by atoms with E-state index < -0.39 is 18.2 Å². The molecule has 0 saturated carbocycles. The smallest absolute Gasteiger partial charge is 0.355 e. The Balaban J connectivity index is 1.93. The third kappa shape index (κ3) is 4.19. The Bertz CT molecular complexity index is 777. The number of methoxy groups -OCH3 is 2. The van der Waals surface area contributed by atoms with Crippen molar-refractivity contribution in [1.29, 1.82) is 0 Å². The molecule has 8 heteroatoms. The molecule has 28 heavy (non-hydrogen) atoms. The first kappa shape index (κ1) is 20.3. The van der Waals surface area contributed by atoms with Crippen molar-refractivity contribution in [1.82, 2.24) is 0 Å². The minimum Gasteiger partial charge on any atom is -0.466 e. The fourth-order valence-electron chi connectivity index (χ4n) is 3.07. The summed E-state index contributed by atoms with van der Waals surface area (Å²) in [4.78, 5) is 26.1. The number of carbonyl (C=O) groups is 2. The lowest BCUT2D eigenvalue weighted by Gasteiger charge is -2.35. The lowest BCUT2D eigenvalue weighted by atomic mass is 9.95. The maximum Gasteiger partial charge on any atom is 0.355 e. The molecule has 1 saturated heterocycles. The van der Waals surface area contributed by atoms with E-state index >= 15 is 0 Å². The van der Waals surface area contributed by atoms with E-state index in [0.717, 1.165) is 5.56 Å². The van der Waals surface area contributed by atoms with Crippen LogP contribution in [0.1, 0.15) is 25.7 Å². The van der Waals surface area contributed by atoms with E-state index in [4.69, 9.17) is 23.7 Å². The third-order valence-electron chi connectivity index (χ3n) is 4.54. The molecular weight excluding hydrogens is 366 g/mol. The van der Waals surface area contributed by atoms with Crippen LogP contribution in [0.3, 0.4) is 0 Å². The predicted molar refractivity (Wildman–Crippen MR) is 99.2 cm³/mol.